The van der Waals surface area contributed by atoms with Crippen LogP contribution in [0.1, 0.15) is 316 Å². The zero-order chi connectivity index (χ0) is 45.9. The molecular weight excluding hydrogens is 779 g/mol. The lowest BCUT2D eigenvalue weighted by atomic mass is 10.0. The van der Waals surface area contributed by atoms with Crippen molar-refractivity contribution in [3.63, 3.8) is 0 Å². The van der Waals surface area contributed by atoms with Crippen molar-refractivity contribution in [1.82, 2.24) is 5.32 Å². The second kappa shape index (κ2) is 51.6. The van der Waals surface area contributed by atoms with Gasteiger partial charge in [-0.05, 0) is 51.4 Å². The second-order valence-electron chi connectivity index (χ2n) is 19.7. The number of unbranched alkanes of at least 4 members (excludes halogenated alkanes) is 38. The SMILES string of the molecule is CCCCCCCCC/C=C\CCCCCC(=O)OC(CCCCCCCCCCCCCCCC)CC(=O)NC(CO)C(O)CCCCCCCCCCCCCCCCCC. The van der Waals surface area contributed by atoms with Crippen molar-refractivity contribution < 1.29 is 24.5 Å². The lowest BCUT2D eigenvalue weighted by molar-refractivity contribution is -0.151. The third kappa shape index (κ3) is 46.9. The Morgan fingerprint density at radius 1 is 0.444 bits per heavy atom. The van der Waals surface area contributed by atoms with E-state index in [1.807, 2.05) is 0 Å². The van der Waals surface area contributed by atoms with Crippen LogP contribution in [0.5, 0.6) is 0 Å². The molecule has 0 aliphatic carbocycles. The minimum atomic E-state index is -0.785. The average molecular weight is 891 g/mol. The van der Waals surface area contributed by atoms with Gasteiger partial charge in [0.05, 0.1) is 25.2 Å². The molecule has 3 N–H and O–H groups in total. The van der Waals surface area contributed by atoms with E-state index >= 15 is 0 Å². The number of amides is 1. The van der Waals surface area contributed by atoms with Gasteiger partial charge < -0.3 is 20.3 Å². The maximum Gasteiger partial charge on any atom is 0.306 e. The first-order chi connectivity index (χ1) is 31.0. The number of esters is 1. The summed E-state index contributed by atoms with van der Waals surface area (Å²) in [7, 11) is 0. The number of carbonyl (C=O) groups is 2. The third-order valence-electron chi connectivity index (χ3n) is 13.3. The van der Waals surface area contributed by atoms with Crippen LogP contribution < -0.4 is 5.32 Å². The fraction of sp³-hybridized carbons (Fsp3) is 0.930. The van der Waals surface area contributed by atoms with Gasteiger partial charge in [-0.3, -0.25) is 9.59 Å². The van der Waals surface area contributed by atoms with Crippen LogP contribution in [0.25, 0.3) is 0 Å². The van der Waals surface area contributed by atoms with Gasteiger partial charge in [0.2, 0.25) is 5.91 Å². The van der Waals surface area contributed by atoms with Crippen LogP contribution in [-0.2, 0) is 14.3 Å². The first-order valence-corrected chi connectivity index (χ1v) is 28.4. The minimum Gasteiger partial charge on any atom is -0.462 e. The van der Waals surface area contributed by atoms with Crippen LogP contribution in [0.3, 0.4) is 0 Å². The average Bonchev–Trinajstić information content (AvgIpc) is 3.28. The molecule has 0 aromatic carbocycles. The molecule has 0 aliphatic heterocycles. The molecule has 0 aromatic heterocycles. The van der Waals surface area contributed by atoms with E-state index in [0.717, 1.165) is 51.4 Å². The summed E-state index contributed by atoms with van der Waals surface area (Å²) in [4.78, 5) is 26.2. The standard InChI is InChI=1S/C57H111NO5/c1-4-7-10-13-16-19-22-25-28-29-31-34-37-40-43-46-49-55(60)54(52-59)58-56(61)51-53(48-45-42-39-36-33-30-26-23-20-17-14-11-8-5-2)63-57(62)50-47-44-41-38-35-32-27-24-21-18-15-12-9-6-3/h32,35,53-55,59-60H,4-31,33-34,36-52H2,1-3H3,(H,58,61)/b35-32-. The summed E-state index contributed by atoms with van der Waals surface area (Å²) in [6.45, 7) is 6.52. The quantitative estimate of drug-likeness (QED) is 0.0321. The van der Waals surface area contributed by atoms with Crippen molar-refractivity contribution in [3.8, 4) is 0 Å². The highest BCUT2D eigenvalue weighted by atomic mass is 16.5. The van der Waals surface area contributed by atoms with Gasteiger partial charge in [-0.15, -0.1) is 0 Å². The molecule has 63 heavy (non-hydrogen) atoms. The molecule has 0 fully saturated rings. The Hall–Kier alpha value is -1.40. The van der Waals surface area contributed by atoms with Crippen molar-refractivity contribution in [2.24, 2.45) is 0 Å². The van der Waals surface area contributed by atoms with E-state index in [1.165, 1.54) is 218 Å². The van der Waals surface area contributed by atoms with E-state index in [-0.39, 0.29) is 24.9 Å². The number of ether oxygens (including phenoxy) is 1. The lowest BCUT2D eigenvalue weighted by Crippen LogP contribution is -2.46. The summed E-state index contributed by atoms with van der Waals surface area (Å²) in [5, 5.41) is 23.9. The zero-order valence-electron chi connectivity index (χ0n) is 42.7. The highest BCUT2D eigenvalue weighted by Crippen LogP contribution is 2.19. The monoisotopic (exact) mass is 890 g/mol. The minimum absolute atomic E-state index is 0.0794. The van der Waals surface area contributed by atoms with Gasteiger partial charge in [-0.25, -0.2) is 0 Å². The Balaban J connectivity index is 4.51. The van der Waals surface area contributed by atoms with Crippen LogP contribution in [0.15, 0.2) is 12.2 Å². The van der Waals surface area contributed by atoms with Crippen LogP contribution in [0, 0.1) is 0 Å². The molecule has 0 heterocycles. The molecule has 374 valence electrons. The molecule has 0 aliphatic rings. The molecular formula is C57H111NO5. The topological polar surface area (TPSA) is 95.9 Å². The number of hydrogen-bond acceptors (Lipinski definition) is 5. The Kier molecular flexibility index (Phi) is 50.4. The summed E-state index contributed by atoms with van der Waals surface area (Å²) in [6.07, 6.45) is 58.4. The number of hydrogen-bond donors (Lipinski definition) is 3. The number of aliphatic hydroxyl groups is 2. The molecule has 0 bridgehead atoms. The van der Waals surface area contributed by atoms with Gasteiger partial charge >= 0.3 is 5.97 Å². The molecule has 0 radical (unpaired) electrons. The molecule has 0 aromatic rings. The van der Waals surface area contributed by atoms with Gasteiger partial charge in [0.25, 0.3) is 0 Å². The maximum absolute atomic E-state index is 13.2. The van der Waals surface area contributed by atoms with Crippen molar-refractivity contribution in [2.45, 2.75) is 334 Å². The molecule has 0 rings (SSSR count). The zero-order valence-corrected chi connectivity index (χ0v) is 42.7. The largest absolute Gasteiger partial charge is 0.462 e. The fourth-order valence-electron chi connectivity index (χ4n) is 9.02. The normalized spacial score (nSPS) is 13.2. The van der Waals surface area contributed by atoms with E-state index in [0.29, 0.717) is 19.3 Å². The van der Waals surface area contributed by atoms with E-state index in [9.17, 15) is 19.8 Å². The predicted molar refractivity (Wildman–Crippen MR) is 273 cm³/mol. The summed E-state index contributed by atoms with van der Waals surface area (Å²) < 4.78 is 5.95. The summed E-state index contributed by atoms with van der Waals surface area (Å²) in [6, 6.07) is -0.698. The van der Waals surface area contributed by atoms with Crippen LogP contribution in [0.4, 0.5) is 0 Å². The Labute approximate surface area is 393 Å². The third-order valence-corrected chi connectivity index (χ3v) is 13.3. The number of rotatable bonds is 52. The van der Waals surface area contributed by atoms with Crippen LogP contribution >= 0.6 is 0 Å². The second-order valence-corrected chi connectivity index (χ2v) is 19.7. The van der Waals surface area contributed by atoms with E-state index in [2.05, 4.69) is 38.2 Å². The number of aliphatic hydroxyl groups excluding tert-OH is 2. The Bertz CT molecular complexity index is 955. The fourth-order valence-corrected chi connectivity index (χ4v) is 9.02. The van der Waals surface area contributed by atoms with Crippen molar-refractivity contribution in [3.05, 3.63) is 12.2 Å². The molecule has 1 amide bonds. The molecule has 3 unspecified atom stereocenters. The molecule has 0 saturated carbocycles. The van der Waals surface area contributed by atoms with Gasteiger partial charge in [-0.1, -0.05) is 264 Å². The van der Waals surface area contributed by atoms with Gasteiger partial charge in [0.15, 0.2) is 0 Å². The summed E-state index contributed by atoms with van der Waals surface area (Å²) in [5.41, 5.74) is 0. The molecule has 0 spiro atoms. The first-order valence-electron chi connectivity index (χ1n) is 28.4. The van der Waals surface area contributed by atoms with Gasteiger partial charge in [-0.2, -0.15) is 0 Å². The van der Waals surface area contributed by atoms with Crippen LogP contribution in [0.2, 0.25) is 0 Å². The first kappa shape index (κ1) is 61.6. The molecule has 6 heteroatoms. The van der Waals surface area contributed by atoms with E-state index in [1.54, 1.807) is 0 Å². The smallest absolute Gasteiger partial charge is 0.306 e. The molecule has 6 nitrogen and oxygen atoms in total. The summed E-state index contributed by atoms with van der Waals surface area (Å²) >= 11 is 0. The lowest BCUT2D eigenvalue weighted by Gasteiger charge is -2.24. The number of nitrogens with one attached hydrogen (secondary N) is 1. The Morgan fingerprint density at radius 3 is 1.13 bits per heavy atom. The van der Waals surface area contributed by atoms with Crippen molar-refractivity contribution in [2.75, 3.05) is 6.61 Å². The van der Waals surface area contributed by atoms with Crippen molar-refractivity contribution in [1.29, 1.82) is 0 Å². The van der Waals surface area contributed by atoms with Gasteiger partial charge in [0.1, 0.15) is 6.10 Å². The van der Waals surface area contributed by atoms with Crippen LogP contribution in [-0.4, -0.2) is 46.9 Å². The van der Waals surface area contributed by atoms with Crippen molar-refractivity contribution >= 4 is 11.9 Å². The highest BCUT2D eigenvalue weighted by molar-refractivity contribution is 5.77. The number of carbonyl (C=O) groups excluding carboxylic acids is 2. The Morgan fingerprint density at radius 2 is 0.762 bits per heavy atom. The maximum atomic E-state index is 13.2. The predicted octanol–water partition coefficient (Wildman–Crippen LogP) is 17.3. The molecule has 3 atom stereocenters. The van der Waals surface area contributed by atoms with E-state index in [4.69, 9.17) is 4.74 Å². The number of allylic oxidation sites excluding steroid dienone is 2. The van der Waals surface area contributed by atoms with E-state index < -0.39 is 18.2 Å². The molecule has 0 saturated heterocycles. The van der Waals surface area contributed by atoms with Gasteiger partial charge in [0, 0.05) is 6.42 Å². The summed E-state index contributed by atoms with van der Waals surface area (Å²) in [5.74, 6) is -0.471. The highest BCUT2D eigenvalue weighted by Gasteiger charge is 2.24.